The molecule has 2 aliphatic heterocycles. The quantitative estimate of drug-likeness (QED) is 0.113. The fourth-order valence-corrected chi connectivity index (χ4v) is 5.38. The number of carbonyl (C=O) groups excluding carboxylic acids is 1. The van der Waals surface area contributed by atoms with E-state index in [2.05, 4.69) is 10.6 Å². The van der Waals surface area contributed by atoms with Gasteiger partial charge in [-0.2, -0.15) is 0 Å². The van der Waals surface area contributed by atoms with Gasteiger partial charge in [0.15, 0.2) is 12.6 Å². The minimum Gasteiger partial charge on any atom is -0.468 e. The van der Waals surface area contributed by atoms with Gasteiger partial charge in [-0.05, 0) is 63.6 Å². The molecular formula is C27H51N5O8. The van der Waals surface area contributed by atoms with E-state index in [1.165, 1.54) is 0 Å². The Bertz CT molecular complexity index is 792. The molecule has 0 bridgehead atoms. The monoisotopic (exact) mass is 573 g/mol. The highest BCUT2D eigenvalue weighted by Crippen LogP contribution is 2.31. The maximum atomic E-state index is 12.5. The molecular weight excluding hydrogens is 522 g/mol. The first-order valence-electron chi connectivity index (χ1n) is 14.7. The van der Waals surface area contributed by atoms with E-state index in [9.17, 15) is 20.1 Å². The van der Waals surface area contributed by atoms with Crippen LogP contribution < -0.4 is 27.8 Å². The minimum absolute atomic E-state index is 0.178. The van der Waals surface area contributed by atoms with Gasteiger partial charge < -0.3 is 62.1 Å². The van der Waals surface area contributed by atoms with E-state index in [4.69, 9.17) is 36.1 Å². The smallest absolute Gasteiger partial charge is 0.220 e. The topological polar surface area (TPSA) is 217 Å². The third kappa shape index (κ3) is 10.2. The molecule has 2 fully saturated rings. The van der Waals surface area contributed by atoms with Crippen LogP contribution in [0.2, 0.25) is 0 Å². The molecule has 0 aromatic heterocycles. The van der Waals surface area contributed by atoms with E-state index in [0.29, 0.717) is 64.2 Å². The largest absolute Gasteiger partial charge is 0.468 e. The molecule has 1 saturated heterocycles. The number of amides is 1. The highest BCUT2D eigenvalue weighted by atomic mass is 16.7. The van der Waals surface area contributed by atoms with Crippen LogP contribution in [0.15, 0.2) is 11.8 Å². The fraction of sp³-hybridized carbons (Fsp3) is 0.889. The number of hydrogen-bond donors (Lipinski definition) is 8. The number of nitrogens with one attached hydrogen (secondary N) is 2. The third-order valence-electron chi connectivity index (χ3n) is 7.55. The average Bonchev–Trinajstić information content (AvgIpc) is 2.92. The number of allylic oxidation sites excluding steroid dienone is 1. The molecule has 1 aliphatic carbocycles. The Balaban J connectivity index is 1.61. The average molecular weight is 574 g/mol. The lowest BCUT2D eigenvalue weighted by Gasteiger charge is -2.46. The Morgan fingerprint density at radius 1 is 1.18 bits per heavy atom. The lowest BCUT2D eigenvalue weighted by molar-refractivity contribution is -0.282. The van der Waals surface area contributed by atoms with Crippen LogP contribution in [0.3, 0.4) is 0 Å². The molecule has 3 aliphatic rings. The summed E-state index contributed by atoms with van der Waals surface area (Å²) < 4.78 is 24.1. The highest BCUT2D eigenvalue weighted by molar-refractivity contribution is 5.76. The van der Waals surface area contributed by atoms with Gasteiger partial charge in [0.25, 0.3) is 0 Å². The third-order valence-corrected chi connectivity index (χ3v) is 7.55. The molecule has 0 radical (unpaired) electrons. The summed E-state index contributed by atoms with van der Waals surface area (Å²) in [6.45, 7) is 4.17. The van der Waals surface area contributed by atoms with Crippen LogP contribution in [0.1, 0.15) is 58.3 Å². The Kier molecular flexibility index (Phi) is 14.0. The van der Waals surface area contributed by atoms with Crippen LogP contribution in [0, 0.1) is 5.92 Å². The molecule has 2 heterocycles. The van der Waals surface area contributed by atoms with Crippen molar-refractivity contribution in [1.29, 1.82) is 0 Å². The molecule has 1 unspecified atom stereocenters. The van der Waals surface area contributed by atoms with Crippen molar-refractivity contribution in [2.75, 3.05) is 32.8 Å². The Hall–Kier alpha value is -1.39. The van der Waals surface area contributed by atoms with Crippen molar-refractivity contribution in [3.8, 4) is 0 Å². The predicted molar refractivity (Wildman–Crippen MR) is 147 cm³/mol. The molecule has 0 aromatic carbocycles. The van der Waals surface area contributed by atoms with Crippen LogP contribution in [0.4, 0.5) is 0 Å². The molecule has 10 atom stereocenters. The molecule has 11 N–H and O–H groups in total. The van der Waals surface area contributed by atoms with Gasteiger partial charge in [0.2, 0.25) is 5.91 Å². The number of aliphatic hydroxyl groups is 3. The van der Waals surface area contributed by atoms with E-state index < -0.39 is 55.2 Å². The standard InChI is InChI=1S/C27H51N5O8/c1-16-11-21(34)27(37-15-16)40-26-20(32-22(35)7-4-10-29)12-19(30)25(24(26)36)39-23-8-2-6-18(38-23)14-31-13-17(33)5-3-9-28/h6,16-17,19-21,23-27,31,33-34,36H,2-5,7-15,28-30H2,1H3,(H,32,35)/t16-,17?,19-,20+,21+,23+,24-,25+,26-,27+/m0/s1. The molecule has 3 rings (SSSR count). The van der Waals surface area contributed by atoms with Crippen LogP contribution in [0.5, 0.6) is 0 Å². The SMILES string of the molecule is C[C@@H]1CO[C@H](O[C@@H]2[C@@H](O)[C@H](O[C@@H]3CCC=C(CNCC(O)CCCN)O3)[C@@H](N)C[C@H]2NC(=O)CCCN)[C@H](O)C1. The van der Waals surface area contributed by atoms with E-state index in [1.807, 2.05) is 13.0 Å². The molecule has 0 aromatic rings. The van der Waals surface area contributed by atoms with Crippen LogP contribution in [-0.2, 0) is 23.7 Å². The highest BCUT2D eigenvalue weighted by Gasteiger charge is 2.48. The second-order valence-corrected chi connectivity index (χ2v) is 11.3. The summed E-state index contributed by atoms with van der Waals surface area (Å²) in [7, 11) is 0. The summed E-state index contributed by atoms with van der Waals surface area (Å²) in [6, 6.07) is -1.22. The van der Waals surface area contributed by atoms with Gasteiger partial charge >= 0.3 is 0 Å². The zero-order valence-electron chi connectivity index (χ0n) is 23.7. The van der Waals surface area contributed by atoms with Crippen molar-refractivity contribution in [3.05, 3.63) is 11.8 Å². The summed E-state index contributed by atoms with van der Waals surface area (Å²) in [5, 5.41) is 38.1. The lowest BCUT2D eigenvalue weighted by Crippen LogP contribution is -2.66. The maximum Gasteiger partial charge on any atom is 0.220 e. The van der Waals surface area contributed by atoms with Crippen molar-refractivity contribution < 1.29 is 39.1 Å². The molecule has 1 saturated carbocycles. The summed E-state index contributed by atoms with van der Waals surface area (Å²) in [4.78, 5) is 12.5. The Morgan fingerprint density at radius 2 is 1.95 bits per heavy atom. The van der Waals surface area contributed by atoms with Crippen molar-refractivity contribution >= 4 is 5.91 Å². The zero-order valence-corrected chi connectivity index (χ0v) is 23.7. The molecule has 13 heteroatoms. The summed E-state index contributed by atoms with van der Waals surface area (Å²) in [6.07, 6.45) is 0.324. The van der Waals surface area contributed by atoms with Gasteiger partial charge in [0.05, 0.1) is 25.3 Å². The summed E-state index contributed by atoms with van der Waals surface area (Å²) in [5.74, 6) is 0.649. The zero-order chi connectivity index (χ0) is 29.1. The predicted octanol–water partition coefficient (Wildman–Crippen LogP) is -1.47. The number of aliphatic hydroxyl groups excluding tert-OH is 3. The van der Waals surface area contributed by atoms with Crippen molar-refractivity contribution in [1.82, 2.24) is 10.6 Å². The van der Waals surface area contributed by atoms with E-state index in [0.717, 1.165) is 12.8 Å². The number of nitrogens with two attached hydrogens (primary N) is 3. The van der Waals surface area contributed by atoms with Crippen molar-refractivity contribution in [3.63, 3.8) is 0 Å². The molecule has 40 heavy (non-hydrogen) atoms. The summed E-state index contributed by atoms with van der Waals surface area (Å²) >= 11 is 0. The number of rotatable bonds is 15. The second-order valence-electron chi connectivity index (χ2n) is 11.3. The van der Waals surface area contributed by atoms with Crippen LogP contribution >= 0.6 is 0 Å². The van der Waals surface area contributed by atoms with Crippen molar-refractivity contribution in [2.24, 2.45) is 23.1 Å². The van der Waals surface area contributed by atoms with E-state index in [1.54, 1.807) is 0 Å². The minimum atomic E-state index is -1.22. The molecule has 1 amide bonds. The van der Waals surface area contributed by atoms with Crippen LogP contribution in [0.25, 0.3) is 0 Å². The molecule has 0 spiro atoms. The van der Waals surface area contributed by atoms with Gasteiger partial charge in [-0.25, -0.2) is 0 Å². The summed E-state index contributed by atoms with van der Waals surface area (Å²) in [5.41, 5.74) is 17.5. The first-order valence-corrected chi connectivity index (χ1v) is 14.7. The Labute approximate surface area is 237 Å². The Morgan fingerprint density at radius 3 is 2.67 bits per heavy atom. The number of carbonyl (C=O) groups is 1. The number of ether oxygens (including phenoxy) is 4. The first-order chi connectivity index (χ1) is 19.2. The van der Waals surface area contributed by atoms with Gasteiger partial charge in [-0.15, -0.1) is 0 Å². The molecule has 232 valence electrons. The number of hydrogen-bond acceptors (Lipinski definition) is 12. The van der Waals surface area contributed by atoms with E-state index >= 15 is 0 Å². The molecule has 13 nitrogen and oxygen atoms in total. The van der Waals surface area contributed by atoms with Gasteiger partial charge in [0, 0.05) is 25.4 Å². The lowest BCUT2D eigenvalue weighted by atomic mass is 9.83. The maximum absolute atomic E-state index is 12.5. The van der Waals surface area contributed by atoms with Crippen LogP contribution in [-0.4, -0.2) is 109 Å². The van der Waals surface area contributed by atoms with Gasteiger partial charge in [-0.3, -0.25) is 4.79 Å². The van der Waals surface area contributed by atoms with Gasteiger partial charge in [-0.1, -0.05) is 6.92 Å². The van der Waals surface area contributed by atoms with Crippen molar-refractivity contribution in [2.45, 2.75) is 113 Å². The second kappa shape index (κ2) is 16.9. The first kappa shape index (κ1) is 33.1. The van der Waals surface area contributed by atoms with Gasteiger partial charge in [0.1, 0.15) is 30.2 Å². The van der Waals surface area contributed by atoms with E-state index in [-0.39, 0.29) is 24.7 Å². The fourth-order valence-electron chi connectivity index (χ4n) is 5.38. The normalized spacial score (nSPS) is 35.5.